The van der Waals surface area contributed by atoms with Gasteiger partial charge in [0.05, 0.1) is 5.69 Å². The van der Waals surface area contributed by atoms with Crippen molar-refractivity contribution in [3.8, 4) is 0 Å². The van der Waals surface area contributed by atoms with Crippen molar-refractivity contribution >= 4 is 63.5 Å². The highest BCUT2D eigenvalue weighted by Gasteiger charge is 2.70. The average molecular weight is 666 g/mol. The normalized spacial score (nSPS) is 38.1. The fourth-order valence-electron chi connectivity index (χ4n) is 5.40. The smallest absolute Gasteiger partial charge is 0.335 e. The molecule has 7 atom stereocenters. The minimum atomic E-state index is -1.50. The Kier molecular flexibility index (Phi) is 9.99. The molecule has 2 N–H and O–H groups in total. The van der Waals surface area contributed by atoms with Crippen molar-refractivity contribution in [3.05, 3.63) is 16.6 Å². The van der Waals surface area contributed by atoms with Crippen LogP contribution in [0.5, 0.6) is 0 Å². The van der Waals surface area contributed by atoms with Gasteiger partial charge in [0.2, 0.25) is 0 Å². The molecule has 0 bridgehead atoms. The van der Waals surface area contributed by atoms with Gasteiger partial charge >= 0.3 is 5.97 Å². The zero-order valence-corrected chi connectivity index (χ0v) is 26.5. The number of nitrogens with zero attached hydrogens (tertiary/aromatic N) is 1. The second kappa shape index (κ2) is 11.9. The second-order valence-electron chi connectivity index (χ2n) is 11.5. The topological polar surface area (TPSA) is 109 Å². The number of alkyl halides is 1. The minimum Gasteiger partial charge on any atom is -0.453 e. The Balaban J connectivity index is 1.94. The molecular formula is C27H40INO6S2. The van der Waals surface area contributed by atoms with Gasteiger partial charge in [0.15, 0.2) is 15.8 Å². The van der Waals surface area contributed by atoms with Gasteiger partial charge < -0.3 is 19.7 Å². The van der Waals surface area contributed by atoms with Crippen molar-refractivity contribution in [2.45, 2.75) is 106 Å². The van der Waals surface area contributed by atoms with Gasteiger partial charge in [0.1, 0.15) is 21.8 Å². The number of aliphatic hydroxyl groups excluding tert-OH is 2. The molecule has 2 aliphatic heterocycles. The monoisotopic (exact) mass is 665 g/mol. The molecule has 3 heterocycles. The number of ether oxygens (including phenoxy) is 2. The van der Waals surface area contributed by atoms with Crippen LogP contribution in [0, 0.1) is 17.3 Å². The molecular weight excluding hydrogens is 625 g/mol. The standard InChI is InChI=1S/C27H40INO6S2/c1-15-9-8-10-26(6)27(28,35-26)22(32)20(16(2)12-18-14-37-24(29-18)36-7)34-23(33)19(30)13-25(4,5)21(31)17(3)11-15/h12,14-15,17,19-20,22,30,32H,8-11,13H2,1-7H3. The molecule has 2 fully saturated rings. The lowest BCUT2D eigenvalue weighted by Crippen LogP contribution is -2.45. The Morgan fingerprint density at radius 1 is 1.27 bits per heavy atom. The molecule has 7 nitrogen and oxygen atoms in total. The average Bonchev–Trinajstić information content (AvgIpc) is 3.14. The van der Waals surface area contributed by atoms with Gasteiger partial charge in [-0.15, -0.1) is 11.3 Å². The number of hydrogen-bond acceptors (Lipinski definition) is 9. The summed E-state index contributed by atoms with van der Waals surface area (Å²) in [4.78, 5) is 30.9. The number of cyclic esters (lactones) is 1. The summed E-state index contributed by atoms with van der Waals surface area (Å²) in [6, 6.07) is 0. The van der Waals surface area contributed by atoms with Crippen molar-refractivity contribution in [1.29, 1.82) is 0 Å². The van der Waals surface area contributed by atoms with Gasteiger partial charge in [-0.05, 0) is 79.5 Å². The van der Waals surface area contributed by atoms with E-state index in [1.807, 2.05) is 25.5 Å². The SMILES string of the molecule is CSc1nc(C=C(C)C2OC(=O)C(O)CC(C)(C)C(=O)C(C)CC(C)CCCC3(C)OC3(I)C2O)cs1. The zero-order valence-electron chi connectivity index (χ0n) is 22.7. The highest BCUT2D eigenvalue weighted by atomic mass is 127. The molecule has 0 saturated carbocycles. The lowest BCUT2D eigenvalue weighted by molar-refractivity contribution is -0.165. The number of epoxide rings is 1. The molecule has 3 rings (SSSR count). The Morgan fingerprint density at radius 3 is 2.57 bits per heavy atom. The molecule has 0 amide bonds. The maximum Gasteiger partial charge on any atom is 0.335 e. The molecule has 2 aliphatic rings. The van der Waals surface area contributed by atoms with Crippen LogP contribution < -0.4 is 0 Å². The number of thiazole rings is 1. The molecule has 7 unspecified atom stereocenters. The van der Waals surface area contributed by atoms with E-state index in [-0.39, 0.29) is 18.1 Å². The molecule has 2 saturated heterocycles. The van der Waals surface area contributed by atoms with E-state index >= 15 is 0 Å². The van der Waals surface area contributed by atoms with Crippen LogP contribution in [-0.2, 0) is 19.1 Å². The lowest BCUT2D eigenvalue weighted by atomic mass is 9.75. The number of carbonyl (C=O) groups is 2. The number of esters is 1. The number of carbonyl (C=O) groups excluding carboxylic acids is 2. The van der Waals surface area contributed by atoms with Crippen molar-refractivity contribution in [1.82, 2.24) is 4.98 Å². The number of rotatable bonds is 3. The lowest BCUT2D eigenvalue weighted by Gasteiger charge is -2.32. The van der Waals surface area contributed by atoms with E-state index in [0.717, 1.165) is 30.0 Å². The summed E-state index contributed by atoms with van der Waals surface area (Å²) < 4.78 is 11.9. The summed E-state index contributed by atoms with van der Waals surface area (Å²) in [7, 11) is 0. The number of aliphatic hydroxyl groups is 2. The van der Waals surface area contributed by atoms with Crippen LogP contribution in [0.15, 0.2) is 15.3 Å². The Hall–Kier alpha value is -0.530. The van der Waals surface area contributed by atoms with Gasteiger partial charge in [0, 0.05) is 16.7 Å². The summed E-state index contributed by atoms with van der Waals surface area (Å²) in [6.07, 6.45) is 3.30. The number of thioether (sulfide) groups is 1. The highest BCUT2D eigenvalue weighted by Crippen LogP contribution is 2.59. The zero-order chi connectivity index (χ0) is 27.8. The van der Waals surface area contributed by atoms with Crippen LogP contribution in [0.2, 0.25) is 0 Å². The van der Waals surface area contributed by atoms with Gasteiger partial charge in [-0.1, -0.05) is 52.3 Å². The summed E-state index contributed by atoms with van der Waals surface area (Å²) in [5.74, 6) is -0.670. The maximum atomic E-state index is 13.2. The van der Waals surface area contributed by atoms with E-state index in [1.54, 1.807) is 38.6 Å². The predicted molar refractivity (Wildman–Crippen MR) is 156 cm³/mol. The number of halogens is 1. The Morgan fingerprint density at radius 2 is 1.95 bits per heavy atom. The first-order valence-corrected chi connectivity index (χ1v) is 16.0. The molecule has 0 aromatic carbocycles. The van der Waals surface area contributed by atoms with Crippen LogP contribution in [0.25, 0.3) is 6.08 Å². The summed E-state index contributed by atoms with van der Waals surface area (Å²) in [5.41, 5.74) is -0.174. The van der Waals surface area contributed by atoms with Crippen molar-refractivity contribution in [2.24, 2.45) is 17.3 Å². The van der Waals surface area contributed by atoms with Gasteiger partial charge in [0.25, 0.3) is 0 Å². The predicted octanol–water partition coefficient (Wildman–Crippen LogP) is 5.65. The molecule has 1 aromatic heterocycles. The Labute approximate surface area is 242 Å². The molecule has 0 spiro atoms. The van der Waals surface area contributed by atoms with E-state index in [1.165, 1.54) is 11.3 Å². The highest BCUT2D eigenvalue weighted by molar-refractivity contribution is 14.1. The molecule has 1 aromatic rings. The van der Waals surface area contributed by atoms with E-state index < -0.39 is 38.9 Å². The molecule has 208 valence electrons. The van der Waals surface area contributed by atoms with Crippen LogP contribution in [0.1, 0.15) is 79.3 Å². The van der Waals surface area contributed by atoms with Crippen LogP contribution in [0.4, 0.5) is 0 Å². The largest absolute Gasteiger partial charge is 0.453 e. The summed E-state index contributed by atoms with van der Waals surface area (Å²) >= 11 is 5.19. The van der Waals surface area contributed by atoms with Crippen molar-refractivity contribution in [3.63, 3.8) is 0 Å². The third-order valence-electron chi connectivity index (χ3n) is 7.66. The maximum absolute atomic E-state index is 13.2. The quantitative estimate of drug-likeness (QED) is 0.140. The number of aromatic nitrogens is 1. The molecule has 10 heteroatoms. The van der Waals surface area contributed by atoms with Crippen LogP contribution in [0.3, 0.4) is 0 Å². The van der Waals surface area contributed by atoms with Crippen molar-refractivity contribution < 1.29 is 29.3 Å². The van der Waals surface area contributed by atoms with E-state index in [2.05, 4.69) is 34.5 Å². The first-order chi connectivity index (χ1) is 17.1. The fraction of sp³-hybridized carbons (Fsp3) is 0.741. The number of hydrogen-bond donors (Lipinski definition) is 2. The molecule has 0 aliphatic carbocycles. The third-order valence-corrected chi connectivity index (χ3v) is 11.5. The first-order valence-electron chi connectivity index (χ1n) is 12.8. The second-order valence-corrected chi connectivity index (χ2v) is 15.0. The van der Waals surface area contributed by atoms with Crippen LogP contribution >= 0.6 is 45.7 Å². The van der Waals surface area contributed by atoms with Gasteiger partial charge in [-0.25, -0.2) is 9.78 Å². The number of fused-ring (bicyclic) bond motifs is 1. The summed E-state index contributed by atoms with van der Waals surface area (Å²) in [5, 5.41) is 24.3. The third kappa shape index (κ3) is 6.98. The number of Topliss-reactive ketones (excluding diaryl/α,β-unsaturated/α-hetero) is 1. The van der Waals surface area contributed by atoms with Gasteiger partial charge in [-0.3, -0.25) is 4.79 Å². The van der Waals surface area contributed by atoms with Crippen molar-refractivity contribution in [2.75, 3.05) is 6.26 Å². The van der Waals surface area contributed by atoms with Crippen LogP contribution in [-0.4, -0.2) is 60.7 Å². The Bertz CT molecular complexity index is 1030. The molecule has 37 heavy (non-hydrogen) atoms. The molecule has 0 radical (unpaired) electrons. The van der Waals surface area contributed by atoms with E-state index in [4.69, 9.17) is 9.47 Å². The number of ketones is 1. The van der Waals surface area contributed by atoms with E-state index in [0.29, 0.717) is 17.2 Å². The van der Waals surface area contributed by atoms with E-state index in [9.17, 15) is 19.8 Å². The first kappa shape index (κ1) is 31.0. The minimum absolute atomic E-state index is 0.0304. The summed E-state index contributed by atoms with van der Waals surface area (Å²) in [6.45, 7) is 11.4. The fourth-order valence-corrected chi connectivity index (χ4v) is 7.71. The van der Waals surface area contributed by atoms with Gasteiger partial charge in [-0.2, -0.15) is 0 Å².